The van der Waals surface area contributed by atoms with Crippen molar-refractivity contribution in [1.82, 2.24) is 10.3 Å². The van der Waals surface area contributed by atoms with Crippen molar-refractivity contribution in [3.8, 4) is 22.8 Å². The van der Waals surface area contributed by atoms with Crippen LogP contribution < -0.4 is 5.32 Å². The lowest BCUT2D eigenvalue weighted by Gasteiger charge is -2.09. The van der Waals surface area contributed by atoms with E-state index in [1.165, 1.54) is 43.0 Å². The van der Waals surface area contributed by atoms with E-state index in [-0.39, 0.29) is 18.2 Å². The fourth-order valence-corrected chi connectivity index (χ4v) is 5.49. The Morgan fingerprint density at radius 3 is 2.71 bits per heavy atom. The van der Waals surface area contributed by atoms with Crippen molar-refractivity contribution in [2.45, 2.75) is 57.4 Å². The third kappa shape index (κ3) is 4.11. The average Bonchev–Trinajstić information content (AvgIpc) is 3.65. The molecule has 34 heavy (non-hydrogen) atoms. The van der Waals surface area contributed by atoms with E-state index in [4.69, 9.17) is 9.41 Å². The number of fused-ring (bicyclic) bond motifs is 1. The van der Waals surface area contributed by atoms with Crippen LogP contribution in [0.15, 0.2) is 52.0 Å². The SMILES string of the molecule is O=C(Cc1ccc(-c2ncc(-c3ccc4c(c3)N=C(C3CCCC3)C4)o2)cc1F)[C@@H]1CCCN1. The van der Waals surface area contributed by atoms with Crippen LogP contribution in [0.1, 0.15) is 49.7 Å². The average molecular weight is 458 g/mol. The van der Waals surface area contributed by atoms with Gasteiger partial charge in [-0.1, -0.05) is 31.0 Å². The lowest BCUT2D eigenvalue weighted by atomic mass is 9.97. The van der Waals surface area contributed by atoms with Crippen LogP contribution in [0.4, 0.5) is 10.1 Å². The number of nitrogens with zero attached hydrogens (tertiary/aromatic N) is 2. The van der Waals surface area contributed by atoms with Crippen LogP contribution in [0.25, 0.3) is 22.8 Å². The number of Topliss-reactive ketones (excluding diaryl/α,β-unsaturated/α-hetero) is 1. The van der Waals surface area contributed by atoms with Crippen LogP contribution >= 0.6 is 0 Å². The van der Waals surface area contributed by atoms with Gasteiger partial charge in [-0.2, -0.15) is 0 Å². The zero-order valence-corrected chi connectivity index (χ0v) is 19.1. The first-order valence-electron chi connectivity index (χ1n) is 12.4. The van der Waals surface area contributed by atoms with Crippen LogP contribution in [0.3, 0.4) is 0 Å². The fraction of sp³-hybridized carbons (Fsp3) is 0.393. The third-order valence-corrected chi connectivity index (χ3v) is 7.45. The predicted molar refractivity (Wildman–Crippen MR) is 130 cm³/mol. The van der Waals surface area contributed by atoms with Gasteiger partial charge in [0.15, 0.2) is 11.5 Å². The standard InChI is InChI=1S/C28H28FN3O2/c29-22-12-21(10-7-18(22)15-26(33)23-6-3-11-30-23)28-31-16-27(34-28)20-9-8-19-13-24(32-25(19)14-20)17-4-1-2-5-17/h7-10,12,14,16-17,23,30H,1-6,11,13,15H2/t23-/m0/s1. The van der Waals surface area contributed by atoms with Crippen molar-refractivity contribution >= 4 is 17.2 Å². The Kier molecular flexibility index (Phi) is 5.61. The van der Waals surface area contributed by atoms with Crippen LogP contribution in [0.5, 0.6) is 0 Å². The zero-order chi connectivity index (χ0) is 23.1. The first-order chi connectivity index (χ1) is 16.6. The number of oxazole rings is 1. The van der Waals surface area contributed by atoms with E-state index in [1.807, 2.05) is 6.07 Å². The Hall–Kier alpha value is -3.12. The summed E-state index contributed by atoms with van der Waals surface area (Å²) in [6.07, 6.45) is 9.67. The molecule has 2 fully saturated rings. The Morgan fingerprint density at radius 1 is 1.06 bits per heavy atom. The number of hydrogen-bond acceptors (Lipinski definition) is 5. The molecule has 2 aliphatic heterocycles. The lowest BCUT2D eigenvalue weighted by Crippen LogP contribution is -2.32. The maximum atomic E-state index is 14.8. The summed E-state index contributed by atoms with van der Waals surface area (Å²) in [6, 6.07) is 10.9. The molecular formula is C28H28FN3O2. The highest BCUT2D eigenvalue weighted by molar-refractivity contribution is 5.96. The van der Waals surface area contributed by atoms with Crippen molar-refractivity contribution in [3.05, 3.63) is 59.5 Å². The number of rotatable bonds is 6. The summed E-state index contributed by atoms with van der Waals surface area (Å²) >= 11 is 0. The van der Waals surface area contributed by atoms with Gasteiger partial charge in [0.25, 0.3) is 0 Å². The molecule has 0 spiro atoms. The van der Waals surface area contributed by atoms with E-state index >= 15 is 0 Å². The number of aliphatic imine (C=N–C) groups is 1. The van der Waals surface area contributed by atoms with Crippen molar-refractivity contribution < 1.29 is 13.6 Å². The maximum absolute atomic E-state index is 14.8. The molecule has 0 bridgehead atoms. The van der Waals surface area contributed by atoms with E-state index in [0.29, 0.717) is 28.7 Å². The van der Waals surface area contributed by atoms with E-state index in [9.17, 15) is 9.18 Å². The maximum Gasteiger partial charge on any atom is 0.226 e. The highest BCUT2D eigenvalue weighted by Gasteiger charge is 2.26. The molecule has 1 saturated heterocycles. The van der Waals surface area contributed by atoms with Crippen molar-refractivity contribution in [2.75, 3.05) is 6.54 Å². The summed E-state index contributed by atoms with van der Waals surface area (Å²) in [5.74, 6) is 1.26. The number of carbonyl (C=O) groups excluding carboxylic acids is 1. The van der Waals surface area contributed by atoms with Gasteiger partial charge in [-0.3, -0.25) is 9.79 Å². The monoisotopic (exact) mass is 457 g/mol. The lowest BCUT2D eigenvalue weighted by molar-refractivity contribution is -0.120. The molecular weight excluding hydrogens is 429 g/mol. The molecule has 1 aliphatic carbocycles. The van der Waals surface area contributed by atoms with Crippen LogP contribution in [-0.2, 0) is 17.6 Å². The molecule has 6 heteroatoms. The van der Waals surface area contributed by atoms with E-state index in [1.54, 1.807) is 18.3 Å². The summed E-state index contributed by atoms with van der Waals surface area (Å²) in [4.78, 5) is 21.7. The molecule has 174 valence electrons. The molecule has 3 aromatic rings. The van der Waals surface area contributed by atoms with Crippen LogP contribution in [-0.4, -0.2) is 29.1 Å². The molecule has 5 nitrogen and oxygen atoms in total. The second kappa shape index (κ2) is 8.91. The quantitative estimate of drug-likeness (QED) is 0.506. The number of benzene rings is 2. The van der Waals surface area contributed by atoms with Gasteiger partial charge >= 0.3 is 0 Å². The summed E-state index contributed by atoms with van der Waals surface area (Å²) in [5, 5.41) is 3.18. The smallest absolute Gasteiger partial charge is 0.226 e. The predicted octanol–water partition coefficient (Wildman–Crippen LogP) is 5.83. The number of nitrogens with one attached hydrogen (secondary N) is 1. The van der Waals surface area contributed by atoms with E-state index in [2.05, 4.69) is 22.4 Å². The number of carbonyl (C=O) groups is 1. The molecule has 6 rings (SSSR count). The molecule has 1 aromatic heterocycles. The number of halogens is 1. The Bertz CT molecular complexity index is 1270. The molecule has 1 N–H and O–H groups in total. The van der Waals surface area contributed by atoms with Gasteiger partial charge < -0.3 is 9.73 Å². The minimum absolute atomic E-state index is 0.0397. The second-order valence-electron chi connectivity index (χ2n) is 9.73. The number of hydrogen-bond donors (Lipinski definition) is 1. The minimum Gasteiger partial charge on any atom is -0.436 e. The summed E-state index contributed by atoms with van der Waals surface area (Å²) in [5.41, 5.74) is 5.49. The van der Waals surface area contributed by atoms with E-state index < -0.39 is 5.82 Å². The molecule has 1 atom stereocenters. The van der Waals surface area contributed by atoms with Gasteiger partial charge in [0.1, 0.15) is 5.82 Å². The Labute approximate surface area is 198 Å². The topological polar surface area (TPSA) is 67.5 Å². The van der Waals surface area contributed by atoms with Crippen LogP contribution in [0.2, 0.25) is 0 Å². The summed E-state index contributed by atoms with van der Waals surface area (Å²) < 4.78 is 20.8. The van der Waals surface area contributed by atoms with E-state index in [0.717, 1.165) is 37.1 Å². The Balaban J connectivity index is 1.19. The Morgan fingerprint density at radius 2 is 1.91 bits per heavy atom. The molecule has 3 aliphatic rings. The third-order valence-electron chi connectivity index (χ3n) is 7.45. The second-order valence-corrected chi connectivity index (χ2v) is 9.73. The van der Waals surface area contributed by atoms with Crippen molar-refractivity contribution in [2.24, 2.45) is 10.9 Å². The minimum atomic E-state index is -0.407. The molecule has 0 radical (unpaired) electrons. The van der Waals surface area contributed by atoms with Gasteiger partial charge in [-0.15, -0.1) is 0 Å². The van der Waals surface area contributed by atoms with Crippen molar-refractivity contribution in [1.29, 1.82) is 0 Å². The number of aromatic nitrogens is 1. The molecule has 0 amide bonds. The molecule has 1 saturated carbocycles. The van der Waals surface area contributed by atoms with Gasteiger partial charge in [0.2, 0.25) is 5.89 Å². The summed E-state index contributed by atoms with van der Waals surface area (Å²) in [7, 11) is 0. The first-order valence-corrected chi connectivity index (χ1v) is 12.4. The fourth-order valence-electron chi connectivity index (χ4n) is 5.49. The first kappa shape index (κ1) is 21.4. The summed E-state index contributed by atoms with van der Waals surface area (Å²) in [6.45, 7) is 0.850. The van der Waals surface area contributed by atoms with Gasteiger partial charge in [0, 0.05) is 29.7 Å². The van der Waals surface area contributed by atoms with Gasteiger partial charge in [-0.05, 0) is 67.5 Å². The largest absolute Gasteiger partial charge is 0.436 e. The van der Waals surface area contributed by atoms with Crippen molar-refractivity contribution in [3.63, 3.8) is 0 Å². The van der Waals surface area contributed by atoms with Gasteiger partial charge in [-0.25, -0.2) is 9.37 Å². The highest BCUT2D eigenvalue weighted by Crippen LogP contribution is 2.37. The zero-order valence-electron chi connectivity index (χ0n) is 19.1. The molecule has 3 heterocycles. The van der Waals surface area contributed by atoms with Gasteiger partial charge in [0.05, 0.1) is 17.9 Å². The molecule has 2 aromatic carbocycles. The van der Waals surface area contributed by atoms with Crippen LogP contribution in [0, 0.1) is 11.7 Å². The number of ketones is 1. The highest BCUT2D eigenvalue weighted by atomic mass is 19.1. The molecule has 0 unspecified atom stereocenters. The normalized spacial score (nSPS) is 20.0.